The lowest BCUT2D eigenvalue weighted by atomic mass is 10.5. The molecular formula is C3H5I3O. The number of aliphatic hydroxyl groups excluding tert-OH is 1. The second kappa shape index (κ2) is 4.98. The first-order valence-corrected chi connectivity index (χ1v) is 5.72. The van der Waals surface area contributed by atoms with Gasteiger partial charge in [-0.3, -0.25) is 0 Å². The summed E-state index contributed by atoms with van der Waals surface area (Å²) < 4.78 is 1.23. The molecule has 0 aromatic rings. The van der Waals surface area contributed by atoms with Crippen LogP contribution in [0.4, 0.5) is 0 Å². The Morgan fingerprint density at radius 2 is 1.86 bits per heavy atom. The summed E-state index contributed by atoms with van der Waals surface area (Å²) in [6.07, 6.45) is 0. The highest BCUT2D eigenvalue weighted by Gasteiger charge is 2.08. The summed E-state index contributed by atoms with van der Waals surface area (Å²) in [5.74, 6) is 0. The zero-order valence-corrected chi connectivity index (χ0v) is 9.92. The molecule has 0 saturated heterocycles. The van der Waals surface area contributed by atoms with E-state index in [2.05, 4.69) is 45.2 Å². The average molecular weight is 438 g/mol. The van der Waals surface area contributed by atoms with Gasteiger partial charge in [-0.1, -0.05) is 67.8 Å². The van der Waals surface area contributed by atoms with Crippen molar-refractivity contribution in [2.24, 2.45) is 0 Å². The summed E-state index contributed by atoms with van der Waals surface area (Å²) in [5, 5.41) is 8.80. The fraction of sp³-hybridized carbons (Fsp3) is 1.00. The van der Waals surface area contributed by atoms with Crippen molar-refractivity contribution in [1.82, 2.24) is 0 Å². The van der Waals surface area contributed by atoms with Gasteiger partial charge in [0.05, 0.1) is 3.92 Å². The van der Waals surface area contributed by atoms with Crippen LogP contribution in [0.25, 0.3) is 0 Å². The van der Waals surface area contributed by atoms with Crippen molar-refractivity contribution in [2.45, 2.75) is 8.04 Å². The van der Waals surface area contributed by atoms with Crippen LogP contribution in [0.2, 0.25) is 0 Å². The van der Waals surface area contributed by atoms with Gasteiger partial charge in [0, 0.05) is 4.43 Å². The zero-order valence-electron chi connectivity index (χ0n) is 3.44. The Kier molecular flexibility index (Phi) is 6.51. The van der Waals surface area contributed by atoms with E-state index in [1.54, 1.807) is 0 Å². The standard InChI is InChI=1S/C3H5I3O/c4-1-2(5)3(6)7/h2-3,7H,1H2. The van der Waals surface area contributed by atoms with E-state index in [4.69, 9.17) is 5.11 Å². The van der Waals surface area contributed by atoms with E-state index < -0.39 is 0 Å². The smallest absolute Gasteiger partial charge is 0.117 e. The molecule has 0 aliphatic rings. The van der Waals surface area contributed by atoms with Crippen LogP contribution in [-0.4, -0.2) is 17.6 Å². The van der Waals surface area contributed by atoms with E-state index >= 15 is 0 Å². The highest BCUT2D eigenvalue weighted by atomic mass is 127. The maximum Gasteiger partial charge on any atom is 0.117 e. The van der Waals surface area contributed by atoms with Gasteiger partial charge in [-0.2, -0.15) is 0 Å². The van der Waals surface area contributed by atoms with Gasteiger partial charge in [0.2, 0.25) is 0 Å². The molecule has 0 heterocycles. The molecule has 0 aliphatic carbocycles. The van der Waals surface area contributed by atoms with Crippen molar-refractivity contribution in [3.63, 3.8) is 0 Å². The summed E-state index contributed by atoms with van der Waals surface area (Å²) in [4.78, 5) is 0. The minimum absolute atomic E-state index is 0.185. The first-order chi connectivity index (χ1) is 3.18. The molecule has 0 radical (unpaired) electrons. The third kappa shape index (κ3) is 4.64. The Hall–Kier alpha value is 2.15. The van der Waals surface area contributed by atoms with E-state index in [0.29, 0.717) is 3.92 Å². The van der Waals surface area contributed by atoms with Gasteiger partial charge in [-0.05, 0) is 0 Å². The molecule has 0 aromatic heterocycles. The average Bonchev–Trinajstić information content (AvgIpc) is 1.65. The van der Waals surface area contributed by atoms with Gasteiger partial charge >= 0.3 is 0 Å². The van der Waals surface area contributed by atoms with Crippen LogP contribution in [0.3, 0.4) is 0 Å². The summed E-state index contributed by atoms with van der Waals surface area (Å²) in [5.41, 5.74) is 0. The molecule has 2 unspecified atom stereocenters. The Morgan fingerprint density at radius 1 is 1.43 bits per heavy atom. The predicted molar refractivity (Wildman–Crippen MR) is 56.7 cm³/mol. The largest absolute Gasteiger partial charge is 0.382 e. The molecule has 44 valence electrons. The van der Waals surface area contributed by atoms with Crippen LogP contribution in [0, 0.1) is 0 Å². The maximum absolute atomic E-state index is 8.80. The molecule has 1 nitrogen and oxygen atoms in total. The molecule has 0 aliphatic heterocycles. The van der Waals surface area contributed by atoms with E-state index in [0.717, 1.165) is 4.43 Å². The second-order valence-corrected chi connectivity index (χ2v) is 4.80. The van der Waals surface area contributed by atoms with Gasteiger partial charge < -0.3 is 5.11 Å². The highest BCUT2D eigenvalue weighted by molar-refractivity contribution is 14.1. The number of aliphatic hydroxyl groups is 1. The van der Waals surface area contributed by atoms with Crippen LogP contribution < -0.4 is 0 Å². The molecule has 0 amide bonds. The van der Waals surface area contributed by atoms with Crippen molar-refractivity contribution in [3.8, 4) is 0 Å². The third-order valence-corrected chi connectivity index (χ3v) is 6.45. The summed E-state index contributed by atoms with van der Waals surface area (Å²) >= 11 is 6.50. The maximum atomic E-state index is 8.80. The van der Waals surface area contributed by atoms with Gasteiger partial charge in [-0.15, -0.1) is 0 Å². The van der Waals surface area contributed by atoms with E-state index in [1.165, 1.54) is 0 Å². The number of halogens is 3. The van der Waals surface area contributed by atoms with Gasteiger partial charge in [-0.25, -0.2) is 0 Å². The molecule has 1 N–H and O–H groups in total. The van der Waals surface area contributed by atoms with Crippen LogP contribution in [-0.2, 0) is 0 Å². The summed E-state index contributed by atoms with van der Waals surface area (Å²) in [7, 11) is 0. The minimum atomic E-state index is -0.185. The lowest BCUT2D eigenvalue weighted by Gasteiger charge is -2.04. The Bertz CT molecular complexity index is 47.4. The molecule has 7 heavy (non-hydrogen) atoms. The van der Waals surface area contributed by atoms with E-state index in [-0.39, 0.29) is 4.11 Å². The first-order valence-electron chi connectivity index (χ1n) is 1.70. The van der Waals surface area contributed by atoms with Crippen molar-refractivity contribution >= 4 is 67.8 Å². The zero-order chi connectivity index (χ0) is 5.86. The van der Waals surface area contributed by atoms with Crippen LogP contribution >= 0.6 is 67.8 Å². The van der Waals surface area contributed by atoms with Crippen LogP contribution in [0.15, 0.2) is 0 Å². The van der Waals surface area contributed by atoms with Gasteiger partial charge in [0.15, 0.2) is 0 Å². The molecule has 0 aromatic carbocycles. The van der Waals surface area contributed by atoms with Gasteiger partial charge in [0.25, 0.3) is 0 Å². The topological polar surface area (TPSA) is 20.2 Å². The summed E-state index contributed by atoms with van der Waals surface area (Å²) in [6, 6.07) is 0. The Morgan fingerprint density at radius 3 is 1.86 bits per heavy atom. The SMILES string of the molecule is OC(I)C(I)CI. The predicted octanol–water partition coefficient (Wildman–Crippen LogP) is 1.98. The fourth-order valence-corrected chi connectivity index (χ4v) is 1.78. The monoisotopic (exact) mass is 438 g/mol. The van der Waals surface area contributed by atoms with Crippen molar-refractivity contribution in [2.75, 3.05) is 4.43 Å². The number of alkyl halides is 3. The van der Waals surface area contributed by atoms with E-state index in [9.17, 15) is 0 Å². The van der Waals surface area contributed by atoms with Crippen molar-refractivity contribution in [1.29, 1.82) is 0 Å². The van der Waals surface area contributed by atoms with Crippen molar-refractivity contribution in [3.05, 3.63) is 0 Å². The van der Waals surface area contributed by atoms with E-state index in [1.807, 2.05) is 22.6 Å². The highest BCUT2D eigenvalue weighted by Crippen LogP contribution is 2.14. The van der Waals surface area contributed by atoms with Gasteiger partial charge in [0.1, 0.15) is 4.11 Å². The summed E-state index contributed by atoms with van der Waals surface area (Å²) in [6.45, 7) is 0. The second-order valence-electron chi connectivity index (χ2n) is 1.04. The molecule has 0 spiro atoms. The van der Waals surface area contributed by atoms with Crippen LogP contribution in [0.1, 0.15) is 0 Å². The molecule has 0 saturated carbocycles. The normalized spacial score (nSPS) is 18.9. The first kappa shape index (κ1) is 9.15. The minimum Gasteiger partial charge on any atom is -0.382 e. The molecule has 0 bridgehead atoms. The number of rotatable bonds is 2. The Balaban J connectivity index is 3.14. The molecule has 0 rings (SSSR count). The number of hydrogen-bond acceptors (Lipinski definition) is 1. The third-order valence-electron chi connectivity index (χ3n) is 0.446. The lowest BCUT2D eigenvalue weighted by Crippen LogP contribution is -2.12. The fourth-order valence-electron chi connectivity index (χ4n) is 0.0735. The Labute approximate surface area is 84.0 Å². The van der Waals surface area contributed by atoms with Crippen molar-refractivity contribution < 1.29 is 5.11 Å². The number of hydrogen-bond donors (Lipinski definition) is 1. The molecule has 0 fully saturated rings. The quantitative estimate of drug-likeness (QED) is 0.517. The lowest BCUT2D eigenvalue weighted by molar-refractivity contribution is 0.287. The molecular weight excluding hydrogens is 433 g/mol. The van der Waals surface area contributed by atoms with Crippen LogP contribution in [0.5, 0.6) is 0 Å². The molecule has 2 atom stereocenters. The molecule has 4 heteroatoms.